The fourth-order valence-electron chi connectivity index (χ4n) is 1.64. The van der Waals surface area contributed by atoms with Gasteiger partial charge in [-0.15, -0.1) is 11.8 Å². The van der Waals surface area contributed by atoms with E-state index in [1.54, 1.807) is 17.8 Å². The molecule has 2 aromatic carbocycles. The van der Waals surface area contributed by atoms with E-state index < -0.39 is 0 Å². The zero-order chi connectivity index (χ0) is 13.7. The number of hydrogen-bond donors (Lipinski definition) is 1. The molecule has 0 aliphatic carbocycles. The third-order valence-electron chi connectivity index (χ3n) is 2.60. The van der Waals surface area contributed by atoms with Gasteiger partial charge in [-0.3, -0.25) is 0 Å². The van der Waals surface area contributed by atoms with Crippen LogP contribution in [0.1, 0.15) is 12.5 Å². The van der Waals surface area contributed by atoms with Gasteiger partial charge in [0, 0.05) is 21.4 Å². The normalized spacial score (nSPS) is 10.4. The predicted molar refractivity (Wildman–Crippen MR) is 83.0 cm³/mol. The van der Waals surface area contributed by atoms with E-state index in [1.165, 1.54) is 5.56 Å². The van der Waals surface area contributed by atoms with Gasteiger partial charge in [0.05, 0.1) is 6.61 Å². The zero-order valence-electron chi connectivity index (χ0n) is 10.7. The maximum Gasteiger partial charge on any atom is 0.119 e. The molecule has 0 atom stereocenters. The van der Waals surface area contributed by atoms with Crippen LogP contribution in [0.3, 0.4) is 0 Å². The molecule has 2 N–H and O–H groups in total. The number of halogens is 1. The summed E-state index contributed by atoms with van der Waals surface area (Å²) in [5.74, 6) is 1.76. The summed E-state index contributed by atoms with van der Waals surface area (Å²) in [6, 6.07) is 13.6. The van der Waals surface area contributed by atoms with Crippen molar-refractivity contribution in [2.45, 2.75) is 17.6 Å². The van der Waals surface area contributed by atoms with Gasteiger partial charge in [0.25, 0.3) is 0 Å². The number of nitrogen functional groups attached to an aromatic ring is 1. The highest BCUT2D eigenvalue weighted by molar-refractivity contribution is 7.98. The molecule has 2 nitrogen and oxygen atoms in total. The summed E-state index contributed by atoms with van der Waals surface area (Å²) >= 11 is 7.65. The Kier molecular flexibility index (Phi) is 5.00. The summed E-state index contributed by atoms with van der Waals surface area (Å²) in [4.78, 5) is 1.02. The third-order valence-corrected chi connectivity index (χ3v) is 3.98. The van der Waals surface area contributed by atoms with Crippen molar-refractivity contribution in [3.05, 3.63) is 53.1 Å². The van der Waals surface area contributed by atoms with Crippen molar-refractivity contribution < 1.29 is 4.74 Å². The fourth-order valence-corrected chi connectivity index (χ4v) is 2.84. The van der Waals surface area contributed by atoms with Crippen LogP contribution >= 0.6 is 23.4 Å². The van der Waals surface area contributed by atoms with E-state index in [-0.39, 0.29) is 0 Å². The largest absolute Gasteiger partial charge is 0.494 e. The van der Waals surface area contributed by atoms with Crippen molar-refractivity contribution in [3.8, 4) is 5.75 Å². The highest BCUT2D eigenvalue weighted by atomic mass is 35.5. The maximum absolute atomic E-state index is 5.97. The minimum absolute atomic E-state index is 0.688. The molecule has 0 spiro atoms. The van der Waals surface area contributed by atoms with Gasteiger partial charge in [-0.25, -0.2) is 0 Å². The predicted octanol–water partition coefficient (Wildman–Crippen LogP) is 4.61. The van der Waals surface area contributed by atoms with Crippen LogP contribution in [0.25, 0.3) is 0 Å². The Morgan fingerprint density at radius 3 is 2.58 bits per heavy atom. The maximum atomic E-state index is 5.97. The number of hydrogen-bond acceptors (Lipinski definition) is 3. The van der Waals surface area contributed by atoms with Gasteiger partial charge in [0.1, 0.15) is 5.75 Å². The molecule has 0 saturated heterocycles. The molecule has 2 rings (SSSR count). The lowest BCUT2D eigenvalue weighted by Gasteiger charge is -2.07. The Morgan fingerprint density at radius 1 is 1.16 bits per heavy atom. The minimum Gasteiger partial charge on any atom is -0.494 e. The second kappa shape index (κ2) is 6.73. The molecule has 19 heavy (non-hydrogen) atoms. The lowest BCUT2D eigenvalue weighted by molar-refractivity contribution is 0.340. The van der Waals surface area contributed by atoms with Crippen molar-refractivity contribution in [1.29, 1.82) is 0 Å². The van der Waals surface area contributed by atoms with Gasteiger partial charge in [0.2, 0.25) is 0 Å². The Hall–Kier alpha value is -1.32. The molecule has 0 unspecified atom stereocenters. The lowest BCUT2D eigenvalue weighted by atomic mass is 10.2. The van der Waals surface area contributed by atoms with Crippen LogP contribution in [0.2, 0.25) is 5.02 Å². The smallest absolute Gasteiger partial charge is 0.119 e. The average Bonchev–Trinajstić information content (AvgIpc) is 2.42. The second-order valence-corrected chi connectivity index (χ2v) is 5.50. The topological polar surface area (TPSA) is 35.2 Å². The van der Waals surface area contributed by atoms with E-state index in [1.807, 2.05) is 31.2 Å². The van der Waals surface area contributed by atoms with E-state index in [9.17, 15) is 0 Å². The standard InChI is InChI=1S/C15H16ClNOS/c1-2-18-13-6-3-11(4-7-13)10-19-15-9-12(16)5-8-14(15)17/h3-9H,2,10,17H2,1H3. The van der Waals surface area contributed by atoms with E-state index in [2.05, 4.69) is 12.1 Å². The highest BCUT2D eigenvalue weighted by Gasteiger charge is 2.02. The number of rotatable bonds is 5. The summed E-state index contributed by atoms with van der Waals surface area (Å²) < 4.78 is 5.41. The molecule has 0 radical (unpaired) electrons. The first-order chi connectivity index (χ1) is 9.19. The molecule has 0 amide bonds. The zero-order valence-corrected chi connectivity index (χ0v) is 12.3. The van der Waals surface area contributed by atoms with Crippen LogP contribution in [0.5, 0.6) is 5.75 Å². The molecule has 2 aromatic rings. The molecular weight excluding hydrogens is 278 g/mol. The van der Waals surface area contributed by atoms with Crippen LogP contribution < -0.4 is 10.5 Å². The van der Waals surface area contributed by atoms with Crippen molar-refractivity contribution >= 4 is 29.1 Å². The lowest BCUT2D eigenvalue weighted by Crippen LogP contribution is -1.91. The van der Waals surface area contributed by atoms with Gasteiger partial charge < -0.3 is 10.5 Å². The van der Waals surface area contributed by atoms with Crippen LogP contribution in [-0.2, 0) is 5.75 Å². The second-order valence-electron chi connectivity index (χ2n) is 4.05. The van der Waals surface area contributed by atoms with Crippen molar-refractivity contribution in [2.24, 2.45) is 0 Å². The van der Waals surface area contributed by atoms with Crippen molar-refractivity contribution in [3.63, 3.8) is 0 Å². The first-order valence-corrected chi connectivity index (χ1v) is 7.45. The first-order valence-electron chi connectivity index (χ1n) is 6.08. The molecule has 0 heterocycles. The number of benzene rings is 2. The van der Waals surface area contributed by atoms with E-state index in [0.29, 0.717) is 11.6 Å². The van der Waals surface area contributed by atoms with E-state index >= 15 is 0 Å². The molecule has 0 fully saturated rings. The van der Waals surface area contributed by atoms with Crippen LogP contribution in [0.15, 0.2) is 47.4 Å². The first kappa shape index (κ1) is 14.1. The molecular formula is C15H16ClNOS. The molecule has 0 aromatic heterocycles. The summed E-state index contributed by atoms with van der Waals surface area (Å²) in [5.41, 5.74) is 7.91. The van der Waals surface area contributed by atoms with Gasteiger partial charge in [-0.2, -0.15) is 0 Å². The highest BCUT2D eigenvalue weighted by Crippen LogP contribution is 2.30. The average molecular weight is 294 g/mol. The molecule has 100 valence electrons. The Labute approximate surface area is 122 Å². The summed E-state index contributed by atoms with van der Waals surface area (Å²) in [5, 5.41) is 0.711. The monoisotopic (exact) mass is 293 g/mol. The molecule has 0 saturated carbocycles. The molecule has 4 heteroatoms. The van der Waals surface area contributed by atoms with Crippen LogP contribution in [-0.4, -0.2) is 6.61 Å². The van der Waals surface area contributed by atoms with Crippen LogP contribution in [0, 0.1) is 0 Å². The summed E-state index contributed by atoms with van der Waals surface area (Å²) in [6.45, 7) is 2.67. The van der Waals surface area contributed by atoms with E-state index in [0.717, 1.165) is 22.1 Å². The van der Waals surface area contributed by atoms with Gasteiger partial charge in [-0.1, -0.05) is 23.7 Å². The Morgan fingerprint density at radius 2 is 1.89 bits per heavy atom. The quantitative estimate of drug-likeness (QED) is 0.646. The number of nitrogens with two attached hydrogens (primary N) is 1. The van der Waals surface area contributed by atoms with Crippen LogP contribution in [0.4, 0.5) is 5.69 Å². The Bertz CT molecular complexity index is 542. The van der Waals surface area contributed by atoms with Crippen molar-refractivity contribution in [1.82, 2.24) is 0 Å². The van der Waals surface area contributed by atoms with Gasteiger partial charge in [-0.05, 0) is 42.8 Å². The molecule has 0 bridgehead atoms. The van der Waals surface area contributed by atoms with E-state index in [4.69, 9.17) is 22.1 Å². The number of anilines is 1. The van der Waals surface area contributed by atoms with Crippen molar-refractivity contribution in [2.75, 3.05) is 12.3 Å². The summed E-state index contributed by atoms with van der Waals surface area (Å²) in [7, 11) is 0. The summed E-state index contributed by atoms with van der Waals surface area (Å²) in [6.07, 6.45) is 0. The SMILES string of the molecule is CCOc1ccc(CSc2cc(Cl)ccc2N)cc1. The molecule has 0 aliphatic rings. The molecule has 0 aliphatic heterocycles. The fraction of sp³-hybridized carbons (Fsp3) is 0.200. The number of thioether (sulfide) groups is 1. The third kappa shape index (κ3) is 4.08. The minimum atomic E-state index is 0.688. The van der Waals surface area contributed by atoms with Gasteiger partial charge >= 0.3 is 0 Å². The number of ether oxygens (including phenoxy) is 1. The Balaban J connectivity index is 2.00. The van der Waals surface area contributed by atoms with Gasteiger partial charge in [0.15, 0.2) is 0 Å².